The van der Waals surface area contributed by atoms with Gasteiger partial charge in [-0.05, 0) is 38.0 Å². The number of rotatable bonds is 4. The molecule has 0 fully saturated rings. The van der Waals surface area contributed by atoms with Gasteiger partial charge in [0.05, 0.1) is 0 Å². The van der Waals surface area contributed by atoms with Crippen molar-refractivity contribution in [1.29, 1.82) is 0 Å². The molecule has 1 nitrogen and oxygen atoms in total. The lowest BCUT2D eigenvalue weighted by molar-refractivity contribution is 0.274. The predicted octanol–water partition coefficient (Wildman–Crippen LogP) is 3.06. The molecule has 1 N–H and O–H groups in total. The molecule has 1 unspecified atom stereocenters. The van der Waals surface area contributed by atoms with Crippen LogP contribution in [0.2, 0.25) is 0 Å². The Morgan fingerprint density at radius 2 is 2.38 bits per heavy atom. The second-order valence-electron chi connectivity index (χ2n) is 3.87. The summed E-state index contributed by atoms with van der Waals surface area (Å²) in [6.45, 7) is 2.45. The average Bonchev–Trinajstić information content (AvgIpc) is 2.17. The smallest absolute Gasteiger partial charge is 0.0436 e. The van der Waals surface area contributed by atoms with Gasteiger partial charge in [-0.1, -0.05) is 30.7 Å². The molecule has 0 heterocycles. The molecule has 0 saturated carbocycles. The zero-order valence-electron chi connectivity index (χ0n) is 8.50. The van der Waals surface area contributed by atoms with Crippen molar-refractivity contribution in [3.05, 3.63) is 23.8 Å². The van der Waals surface area contributed by atoms with Crippen LogP contribution in [0.4, 0.5) is 0 Å². The minimum absolute atomic E-state index is 0.296. The monoisotopic (exact) mass is 180 g/mol. The van der Waals surface area contributed by atoms with Crippen LogP contribution in [0.1, 0.15) is 39.0 Å². The van der Waals surface area contributed by atoms with Gasteiger partial charge in [-0.25, -0.2) is 0 Å². The lowest BCUT2D eigenvalue weighted by Gasteiger charge is -2.09. The van der Waals surface area contributed by atoms with Gasteiger partial charge in [-0.15, -0.1) is 0 Å². The molecular weight excluding hydrogens is 160 g/mol. The van der Waals surface area contributed by atoms with Crippen molar-refractivity contribution in [3.63, 3.8) is 0 Å². The highest BCUT2D eigenvalue weighted by Crippen LogP contribution is 2.19. The van der Waals surface area contributed by atoms with Crippen LogP contribution >= 0.6 is 0 Å². The Hall–Kier alpha value is -0.560. The molecule has 0 spiro atoms. The van der Waals surface area contributed by atoms with Crippen molar-refractivity contribution < 1.29 is 5.11 Å². The zero-order valence-corrected chi connectivity index (χ0v) is 8.50. The summed E-state index contributed by atoms with van der Waals surface area (Å²) >= 11 is 0. The van der Waals surface area contributed by atoms with Gasteiger partial charge >= 0.3 is 0 Å². The van der Waals surface area contributed by atoms with E-state index >= 15 is 0 Å². The Kier molecular flexibility index (Phi) is 4.84. The lowest BCUT2D eigenvalue weighted by Crippen LogP contribution is -1.94. The average molecular weight is 180 g/mol. The van der Waals surface area contributed by atoms with Crippen molar-refractivity contribution in [3.8, 4) is 0 Å². The van der Waals surface area contributed by atoms with Crippen molar-refractivity contribution in [2.75, 3.05) is 6.61 Å². The minimum Gasteiger partial charge on any atom is -0.396 e. The van der Waals surface area contributed by atoms with Gasteiger partial charge in [0, 0.05) is 6.61 Å². The van der Waals surface area contributed by atoms with E-state index in [0.29, 0.717) is 12.5 Å². The second-order valence-corrected chi connectivity index (χ2v) is 3.87. The molecule has 0 radical (unpaired) electrons. The fraction of sp³-hybridized carbons (Fsp3) is 0.667. The first-order valence-corrected chi connectivity index (χ1v) is 5.31. The van der Waals surface area contributed by atoms with Crippen molar-refractivity contribution >= 4 is 0 Å². The van der Waals surface area contributed by atoms with Gasteiger partial charge in [0.25, 0.3) is 0 Å². The summed E-state index contributed by atoms with van der Waals surface area (Å²) < 4.78 is 0. The van der Waals surface area contributed by atoms with Crippen LogP contribution in [0, 0.1) is 5.92 Å². The third-order valence-corrected chi connectivity index (χ3v) is 2.55. The number of hydrogen-bond acceptors (Lipinski definition) is 1. The Morgan fingerprint density at radius 1 is 1.54 bits per heavy atom. The molecular formula is C12H20O. The Bertz CT molecular complexity index is 191. The van der Waals surface area contributed by atoms with E-state index < -0.39 is 0 Å². The van der Waals surface area contributed by atoms with Crippen molar-refractivity contribution in [2.24, 2.45) is 5.92 Å². The summed E-state index contributed by atoms with van der Waals surface area (Å²) in [4.78, 5) is 0. The molecule has 1 atom stereocenters. The molecule has 74 valence electrons. The highest BCUT2D eigenvalue weighted by molar-refractivity contribution is 5.20. The first-order valence-electron chi connectivity index (χ1n) is 5.31. The van der Waals surface area contributed by atoms with Crippen LogP contribution < -0.4 is 0 Å². The Labute approximate surface area is 81.2 Å². The molecule has 1 aliphatic rings. The predicted molar refractivity (Wildman–Crippen MR) is 56.6 cm³/mol. The number of hydrogen-bond donors (Lipinski definition) is 1. The molecule has 0 aliphatic heterocycles. The van der Waals surface area contributed by atoms with E-state index in [1.165, 1.54) is 31.3 Å². The summed E-state index contributed by atoms with van der Waals surface area (Å²) in [5, 5.41) is 8.73. The van der Waals surface area contributed by atoms with Crippen LogP contribution in [0.5, 0.6) is 0 Å². The molecule has 1 rings (SSSR count). The van der Waals surface area contributed by atoms with E-state index in [1.54, 1.807) is 0 Å². The SMILES string of the molecule is CC(C=CC1=CCCCC1)CCO. The van der Waals surface area contributed by atoms with Gasteiger partial charge in [0.1, 0.15) is 0 Å². The van der Waals surface area contributed by atoms with E-state index in [9.17, 15) is 0 Å². The molecule has 1 aliphatic carbocycles. The van der Waals surface area contributed by atoms with Crippen molar-refractivity contribution in [1.82, 2.24) is 0 Å². The molecule has 1 heteroatoms. The minimum atomic E-state index is 0.296. The summed E-state index contributed by atoms with van der Waals surface area (Å²) in [5.74, 6) is 0.507. The number of aliphatic hydroxyl groups excluding tert-OH is 1. The van der Waals surface area contributed by atoms with Gasteiger partial charge < -0.3 is 5.11 Å². The Morgan fingerprint density at radius 3 is 3.00 bits per heavy atom. The van der Waals surface area contributed by atoms with Gasteiger partial charge in [0.2, 0.25) is 0 Å². The Balaban J connectivity index is 2.33. The topological polar surface area (TPSA) is 20.2 Å². The molecule has 0 aromatic rings. The van der Waals surface area contributed by atoms with Gasteiger partial charge in [-0.3, -0.25) is 0 Å². The standard InChI is InChI=1S/C12H20O/c1-11(9-10-13)7-8-12-5-3-2-4-6-12/h5,7-8,11,13H,2-4,6,9-10H2,1H3. The molecule has 0 bridgehead atoms. The molecule has 0 amide bonds. The quantitative estimate of drug-likeness (QED) is 0.705. The van der Waals surface area contributed by atoms with Crippen LogP contribution in [-0.4, -0.2) is 11.7 Å². The third kappa shape index (κ3) is 4.28. The normalized spacial score (nSPS) is 20.3. The highest BCUT2D eigenvalue weighted by Gasteiger charge is 2.00. The summed E-state index contributed by atoms with van der Waals surface area (Å²) in [7, 11) is 0. The maximum Gasteiger partial charge on any atom is 0.0436 e. The largest absolute Gasteiger partial charge is 0.396 e. The van der Waals surface area contributed by atoms with Crippen LogP contribution in [0.15, 0.2) is 23.8 Å². The van der Waals surface area contributed by atoms with Gasteiger partial charge in [0.15, 0.2) is 0 Å². The van der Waals surface area contributed by atoms with Crippen molar-refractivity contribution in [2.45, 2.75) is 39.0 Å². The van der Waals surface area contributed by atoms with E-state index in [-0.39, 0.29) is 0 Å². The maximum absolute atomic E-state index is 8.73. The fourth-order valence-corrected chi connectivity index (χ4v) is 1.60. The second kappa shape index (κ2) is 5.98. The first-order chi connectivity index (χ1) is 6.33. The van der Waals surface area contributed by atoms with Crippen LogP contribution in [0.3, 0.4) is 0 Å². The number of allylic oxidation sites excluding steroid dienone is 4. The first kappa shape index (κ1) is 10.5. The molecule has 0 aromatic carbocycles. The zero-order chi connectivity index (χ0) is 9.52. The molecule has 13 heavy (non-hydrogen) atoms. The summed E-state index contributed by atoms with van der Waals surface area (Å²) in [6.07, 6.45) is 12.8. The van der Waals surface area contributed by atoms with E-state index in [0.717, 1.165) is 6.42 Å². The third-order valence-electron chi connectivity index (χ3n) is 2.55. The van der Waals surface area contributed by atoms with Crippen LogP contribution in [0.25, 0.3) is 0 Å². The summed E-state index contributed by atoms with van der Waals surface area (Å²) in [5.41, 5.74) is 1.48. The molecule has 0 saturated heterocycles. The lowest BCUT2D eigenvalue weighted by atomic mass is 9.97. The van der Waals surface area contributed by atoms with E-state index in [4.69, 9.17) is 5.11 Å². The number of aliphatic hydroxyl groups is 1. The maximum atomic E-state index is 8.73. The highest BCUT2D eigenvalue weighted by atomic mass is 16.2. The van der Waals surface area contributed by atoms with Gasteiger partial charge in [-0.2, -0.15) is 0 Å². The summed E-state index contributed by atoms with van der Waals surface area (Å²) in [6, 6.07) is 0. The van der Waals surface area contributed by atoms with E-state index in [2.05, 4.69) is 25.2 Å². The fourth-order valence-electron chi connectivity index (χ4n) is 1.60. The molecule has 0 aromatic heterocycles. The van der Waals surface area contributed by atoms with Crippen LogP contribution in [-0.2, 0) is 0 Å². The van der Waals surface area contributed by atoms with E-state index in [1.807, 2.05) is 0 Å².